The first-order valence-corrected chi connectivity index (χ1v) is 28.3. The molecular formula is C56H97O11P. The van der Waals surface area contributed by atoms with Crippen molar-refractivity contribution in [3.63, 3.8) is 0 Å². The van der Waals surface area contributed by atoms with Crippen LogP contribution in [-0.4, -0.2) is 66.5 Å². The van der Waals surface area contributed by atoms with E-state index in [9.17, 15) is 28.9 Å². The van der Waals surface area contributed by atoms with E-state index < -0.39 is 57.8 Å². The van der Waals surface area contributed by atoms with E-state index in [4.69, 9.17) is 23.3 Å². The summed E-state index contributed by atoms with van der Waals surface area (Å²) in [6, 6.07) is 0. The summed E-state index contributed by atoms with van der Waals surface area (Å²) in [5, 5.41) is 9.75. The number of ether oxygens (including phenoxy) is 3. The summed E-state index contributed by atoms with van der Waals surface area (Å²) in [4.78, 5) is 48.2. The molecule has 0 spiro atoms. The molecule has 0 aliphatic carbocycles. The van der Waals surface area contributed by atoms with Crippen LogP contribution < -0.4 is 0 Å². The Kier molecular flexibility index (Phi) is 48.0. The molecule has 0 saturated carbocycles. The first kappa shape index (κ1) is 64.9. The van der Waals surface area contributed by atoms with Gasteiger partial charge in [-0.05, 0) is 77.0 Å². The van der Waals surface area contributed by atoms with E-state index in [1.807, 2.05) is 12.2 Å². The number of allylic oxidation sites excluding steroid dienone is 12. The fourth-order valence-corrected chi connectivity index (χ4v) is 7.83. The minimum Gasteiger partial charge on any atom is -0.462 e. The first-order valence-electron chi connectivity index (χ1n) is 26.8. The lowest BCUT2D eigenvalue weighted by atomic mass is 10.1. The smallest absolute Gasteiger partial charge is 0.462 e. The van der Waals surface area contributed by atoms with E-state index >= 15 is 0 Å². The quantitative estimate of drug-likeness (QED) is 0.0197. The van der Waals surface area contributed by atoms with Gasteiger partial charge in [0.2, 0.25) is 0 Å². The third-order valence-electron chi connectivity index (χ3n) is 11.1. The molecule has 3 atom stereocenters. The van der Waals surface area contributed by atoms with Crippen LogP contribution >= 0.6 is 7.82 Å². The lowest BCUT2D eigenvalue weighted by Gasteiger charge is -2.21. The highest BCUT2D eigenvalue weighted by atomic mass is 31.2. The van der Waals surface area contributed by atoms with Crippen LogP contribution in [0.2, 0.25) is 0 Å². The SMILES string of the molecule is CC/C=C\C/C=C\C/C=C\C/C=C\CCC(=O)OCC(COP(=O)(O)OCC(CO)OC(=O)CCCCCCCCCCC)OC(=O)CCCCCCCCCCC/C=C\C/C=C\CCCCC. The van der Waals surface area contributed by atoms with Gasteiger partial charge >= 0.3 is 25.7 Å². The molecule has 0 aromatic carbocycles. The molecule has 0 aromatic heterocycles. The van der Waals surface area contributed by atoms with E-state index in [1.165, 1.54) is 89.9 Å². The molecule has 0 aliphatic heterocycles. The van der Waals surface area contributed by atoms with Crippen LogP contribution in [0.3, 0.4) is 0 Å². The average Bonchev–Trinajstić information content (AvgIpc) is 3.32. The van der Waals surface area contributed by atoms with Crippen LogP contribution in [0.1, 0.15) is 226 Å². The highest BCUT2D eigenvalue weighted by Crippen LogP contribution is 2.43. The lowest BCUT2D eigenvalue weighted by molar-refractivity contribution is -0.161. The molecule has 0 radical (unpaired) electrons. The number of rotatable bonds is 49. The first-order chi connectivity index (χ1) is 33.2. The zero-order valence-electron chi connectivity index (χ0n) is 43.1. The highest BCUT2D eigenvalue weighted by molar-refractivity contribution is 7.47. The average molecular weight is 977 g/mol. The minimum atomic E-state index is -4.75. The maximum absolute atomic E-state index is 12.9. The van der Waals surface area contributed by atoms with Gasteiger partial charge in [-0.2, -0.15) is 0 Å². The summed E-state index contributed by atoms with van der Waals surface area (Å²) < 4.78 is 39.3. The number of unbranched alkanes of at least 4 members (excludes halogenated alkanes) is 20. The van der Waals surface area contributed by atoms with Crippen molar-refractivity contribution in [2.24, 2.45) is 0 Å². The molecule has 0 aliphatic rings. The molecule has 68 heavy (non-hydrogen) atoms. The molecule has 0 fully saturated rings. The van der Waals surface area contributed by atoms with Gasteiger partial charge in [0, 0.05) is 19.3 Å². The number of phosphoric ester groups is 1. The largest absolute Gasteiger partial charge is 0.472 e. The zero-order valence-corrected chi connectivity index (χ0v) is 43.9. The predicted molar refractivity (Wildman–Crippen MR) is 279 cm³/mol. The van der Waals surface area contributed by atoms with Crippen molar-refractivity contribution in [1.82, 2.24) is 0 Å². The summed E-state index contributed by atoms with van der Waals surface area (Å²) in [6.45, 7) is 4.38. The monoisotopic (exact) mass is 977 g/mol. The Hall–Kier alpha value is -3.08. The van der Waals surface area contributed by atoms with Gasteiger partial charge in [-0.25, -0.2) is 4.57 Å². The number of aliphatic hydroxyl groups is 1. The maximum Gasteiger partial charge on any atom is 0.472 e. The summed E-state index contributed by atoms with van der Waals surface area (Å²) >= 11 is 0. The fourth-order valence-electron chi connectivity index (χ4n) is 7.05. The second kappa shape index (κ2) is 50.3. The van der Waals surface area contributed by atoms with Gasteiger partial charge < -0.3 is 24.2 Å². The lowest BCUT2D eigenvalue weighted by Crippen LogP contribution is -2.30. The third kappa shape index (κ3) is 48.0. The second-order valence-corrected chi connectivity index (χ2v) is 19.1. The van der Waals surface area contributed by atoms with E-state index in [0.29, 0.717) is 19.3 Å². The molecule has 0 saturated heterocycles. The Labute approximate surface area is 414 Å². The molecule has 12 heteroatoms. The van der Waals surface area contributed by atoms with Crippen LogP contribution in [0.4, 0.5) is 0 Å². The van der Waals surface area contributed by atoms with Gasteiger partial charge in [0.05, 0.1) is 19.8 Å². The number of carbonyl (C=O) groups is 3. The van der Waals surface area contributed by atoms with Crippen LogP contribution in [0.5, 0.6) is 0 Å². The van der Waals surface area contributed by atoms with Gasteiger partial charge in [-0.1, -0.05) is 203 Å². The summed E-state index contributed by atoms with van der Waals surface area (Å²) in [5.41, 5.74) is 0. The highest BCUT2D eigenvalue weighted by Gasteiger charge is 2.28. The molecule has 0 amide bonds. The van der Waals surface area contributed by atoms with E-state index in [2.05, 4.69) is 81.5 Å². The third-order valence-corrected chi connectivity index (χ3v) is 12.1. The Balaban J connectivity index is 4.79. The van der Waals surface area contributed by atoms with Gasteiger partial charge in [0.25, 0.3) is 0 Å². The van der Waals surface area contributed by atoms with Crippen molar-refractivity contribution >= 4 is 25.7 Å². The Morgan fingerprint density at radius 2 is 0.794 bits per heavy atom. The Morgan fingerprint density at radius 3 is 1.26 bits per heavy atom. The van der Waals surface area contributed by atoms with Crippen molar-refractivity contribution in [3.8, 4) is 0 Å². The molecular weight excluding hydrogens is 880 g/mol. The standard InChI is InChI=1S/C56H97O11P/c1-4-7-10-13-16-19-21-23-24-25-26-27-28-30-32-35-38-41-44-47-56(60)67-53(49-63-54(58)45-42-39-36-34-31-29-22-20-17-14-11-8-5-2)51-65-68(61,62)64-50-52(48-57)66-55(59)46-43-40-37-33-18-15-12-9-6-3/h8,11,16-17,19-20,23-24,29,31,36,39,52-53,57H,4-7,9-10,12-15,18,21-22,25-28,30,32-35,37-38,40-51H2,1-3H3,(H,61,62)/b11-8-,19-16-,20-17-,24-23-,31-29-,39-36-. The summed E-state index contributed by atoms with van der Waals surface area (Å²) in [5.74, 6) is -1.57. The van der Waals surface area contributed by atoms with Crippen LogP contribution in [0.25, 0.3) is 0 Å². The van der Waals surface area contributed by atoms with Crippen LogP contribution in [0.15, 0.2) is 72.9 Å². The molecule has 3 unspecified atom stereocenters. The summed E-state index contributed by atoms with van der Waals surface area (Å²) in [7, 11) is -4.75. The number of hydrogen-bond donors (Lipinski definition) is 2. The topological polar surface area (TPSA) is 155 Å². The zero-order chi connectivity index (χ0) is 49.9. The van der Waals surface area contributed by atoms with Crippen molar-refractivity contribution < 1.29 is 52.2 Å². The molecule has 392 valence electrons. The van der Waals surface area contributed by atoms with Crippen LogP contribution in [0, 0.1) is 0 Å². The molecule has 11 nitrogen and oxygen atoms in total. The van der Waals surface area contributed by atoms with Gasteiger partial charge in [-0.15, -0.1) is 0 Å². The van der Waals surface area contributed by atoms with E-state index in [1.54, 1.807) is 0 Å². The number of phosphoric acid groups is 1. The normalized spacial score (nSPS) is 14.0. The fraction of sp³-hybridized carbons (Fsp3) is 0.732. The number of carbonyl (C=O) groups excluding carboxylic acids is 3. The van der Waals surface area contributed by atoms with Gasteiger partial charge in [-0.3, -0.25) is 23.4 Å². The molecule has 2 N–H and O–H groups in total. The van der Waals surface area contributed by atoms with Crippen molar-refractivity contribution in [3.05, 3.63) is 72.9 Å². The minimum absolute atomic E-state index is 0.104. The molecule has 0 rings (SSSR count). The second-order valence-electron chi connectivity index (χ2n) is 17.7. The molecule has 0 bridgehead atoms. The van der Waals surface area contributed by atoms with Crippen molar-refractivity contribution in [1.29, 1.82) is 0 Å². The van der Waals surface area contributed by atoms with Crippen molar-refractivity contribution in [2.75, 3.05) is 26.4 Å². The van der Waals surface area contributed by atoms with Gasteiger partial charge in [0.15, 0.2) is 6.10 Å². The van der Waals surface area contributed by atoms with Crippen molar-refractivity contribution in [2.45, 2.75) is 238 Å². The summed E-state index contributed by atoms with van der Waals surface area (Å²) in [6.07, 6.45) is 54.7. The Morgan fingerprint density at radius 1 is 0.426 bits per heavy atom. The van der Waals surface area contributed by atoms with Crippen LogP contribution in [-0.2, 0) is 42.2 Å². The number of aliphatic hydroxyl groups excluding tert-OH is 1. The molecule has 0 aromatic rings. The van der Waals surface area contributed by atoms with E-state index in [-0.39, 0.29) is 25.9 Å². The number of hydrogen-bond acceptors (Lipinski definition) is 10. The van der Waals surface area contributed by atoms with Gasteiger partial charge in [0.1, 0.15) is 12.7 Å². The van der Waals surface area contributed by atoms with E-state index in [0.717, 1.165) is 77.0 Å². The maximum atomic E-state index is 12.9. The predicted octanol–water partition coefficient (Wildman–Crippen LogP) is 15.4. The molecule has 0 heterocycles. The number of esters is 3. The Bertz CT molecular complexity index is 1420.